The number of benzene rings is 2. The Morgan fingerprint density at radius 2 is 1.86 bits per heavy atom. The zero-order valence-electron chi connectivity index (χ0n) is 12.0. The van der Waals surface area contributed by atoms with E-state index in [1.165, 1.54) is 6.07 Å². The molecule has 3 nitrogen and oxygen atoms in total. The first kappa shape index (κ1) is 13.7. The van der Waals surface area contributed by atoms with Crippen LogP contribution in [0.1, 0.15) is 0 Å². The Labute approximate surface area is 123 Å². The summed E-state index contributed by atoms with van der Waals surface area (Å²) in [6, 6.07) is 14.6. The van der Waals surface area contributed by atoms with E-state index in [1.54, 1.807) is 19.2 Å². The van der Waals surface area contributed by atoms with Gasteiger partial charge in [-0.25, -0.2) is 4.39 Å². The predicted molar refractivity (Wildman–Crippen MR) is 80.6 cm³/mol. The monoisotopic (exact) mass is 287 g/mol. The molecule has 1 heterocycles. The standard InChI is InChI=1S/C17H18FNO2/c1-20-15-7-8-16(18)17(9-15)19-10-13(11-19)12-21-14-5-3-2-4-6-14/h2-9,13H,10-12H2,1H3. The van der Waals surface area contributed by atoms with Gasteiger partial charge in [-0.05, 0) is 24.3 Å². The van der Waals surface area contributed by atoms with Gasteiger partial charge in [-0.1, -0.05) is 18.2 Å². The number of ether oxygens (including phenoxy) is 2. The first-order valence-electron chi connectivity index (χ1n) is 7.02. The second-order valence-electron chi connectivity index (χ2n) is 5.21. The lowest BCUT2D eigenvalue weighted by Crippen LogP contribution is -2.49. The van der Waals surface area contributed by atoms with Crippen LogP contribution in [0.2, 0.25) is 0 Å². The Morgan fingerprint density at radius 1 is 1.10 bits per heavy atom. The molecule has 110 valence electrons. The third kappa shape index (κ3) is 3.10. The summed E-state index contributed by atoms with van der Waals surface area (Å²) in [4.78, 5) is 2.01. The molecule has 0 radical (unpaired) electrons. The summed E-state index contributed by atoms with van der Waals surface area (Å²) in [6.07, 6.45) is 0. The number of hydrogen-bond acceptors (Lipinski definition) is 3. The molecule has 0 aliphatic carbocycles. The Bertz CT molecular complexity index is 597. The summed E-state index contributed by atoms with van der Waals surface area (Å²) >= 11 is 0. The second kappa shape index (κ2) is 6.04. The van der Waals surface area contributed by atoms with Crippen LogP contribution in [0.3, 0.4) is 0 Å². The lowest BCUT2D eigenvalue weighted by molar-refractivity contribution is 0.220. The minimum absolute atomic E-state index is 0.210. The highest BCUT2D eigenvalue weighted by Crippen LogP contribution is 2.30. The molecule has 0 atom stereocenters. The van der Waals surface area contributed by atoms with Gasteiger partial charge >= 0.3 is 0 Å². The van der Waals surface area contributed by atoms with Crippen molar-refractivity contribution >= 4 is 5.69 Å². The van der Waals surface area contributed by atoms with Gasteiger partial charge in [0.25, 0.3) is 0 Å². The first-order valence-corrected chi connectivity index (χ1v) is 7.02. The van der Waals surface area contributed by atoms with Crippen molar-refractivity contribution in [3.63, 3.8) is 0 Å². The highest BCUT2D eigenvalue weighted by Gasteiger charge is 2.29. The van der Waals surface area contributed by atoms with E-state index in [1.807, 2.05) is 35.2 Å². The number of hydrogen-bond donors (Lipinski definition) is 0. The number of methoxy groups -OCH3 is 1. The Morgan fingerprint density at radius 3 is 2.57 bits per heavy atom. The van der Waals surface area contributed by atoms with Crippen LogP contribution in [-0.4, -0.2) is 26.8 Å². The average Bonchev–Trinajstić information content (AvgIpc) is 2.48. The number of rotatable bonds is 5. The Hall–Kier alpha value is -2.23. The van der Waals surface area contributed by atoms with Gasteiger partial charge in [0.1, 0.15) is 17.3 Å². The van der Waals surface area contributed by atoms with Crippen LogP contribution in [0.25, 0.3) is 0 Å². The van der Waals surface area contributed by atoms with Crippen molar-refractivity contribution in [2.24, 2.45) is 5.92 Å². The van der Waals surface area contributed by atoms with Gasteiger partial charge in [0.05, 0.1) is 19.4 Å². The average molecular weight is 287 g/mol. The molecule has 1 fully saturated rings. The van der Waals surface area contributed by atoms with Gasteiger partial charge in [0.2, 0.25) is 0 Å². The van der Waals surface area contributed by atoms with Gasteiger partial charge in [-0.15, -0.1) is 0 Å². The second-order valence-corrected chi connectivity index (χ2v) is 5.21. The highest BCUT2D eigenvalue weighted by atomic mass is 19.1. The summed E-state index contributed by atoms with van der Waals surface area (Å²) in [6.45, 7) is 2.26. The minimum Gasteiger partial charge on any atom is -0.497 e. The van der Waals surface area contributed by atoms with Gasteiger partial charge in [0, 0.05) is 25.1 Å². The van der Waals surface area contributed by atoms with E-state index in [0.29, 0.717) is 24.0 Å². The van der Waals surface area contributed by atoms with Crippen molar-refractivity contribution in [3.05, 3.63) is 54.3 Å². The Kier molecular flexibility index (Phi) is 3.95. The van der Waals surface area contributed by atoms with Gasteiger partial charge in [-0.2, -0.15) is 0 Å². The summed E-state index contributed by atoms with van der Waals surface area (Å²) in [5.74, 6) is 1.77. The van der Waals surface area contributed by atoms with Crippen LogP contribution < -0.4 is 14.4 Å². The van der Waals surface area contributed by atoms with E-state index in [4.69, 9.17) is 9.47 Å². The zero-order valence-corrected chi connectivity index (χ0v) is 12.0. The van der Waals surface area contributed by atoms with Crippen LogP contribution >= 0.6 is 0 Å². The lowest BCUT2D eigenvalue weighted by Gasteiger charge is -2.41. The lowest BCUT2D eigenvalue weighted by atomic mass is 10.00. The SMILES string of the molecule is COc1ccc(F)c(N2CC(COc3ccccc3)C2)c1. The van der Waals surface area contributed by atoms with E-state index in [9.17, 15) is 4.39 Å². The molecule has 2 aromatic carbocycles. The van der Waals surface area contributed by atoms with Crippen LogP contribution in [0, 0.1) is 11.7 Å². The number of nitrogens with zero attached hydrogens (tertiary/aromatic N) is 1. The van der Waals surface area contributed by atoms with Crippen LogP contribution in [0.15, 0.2) is 48.5 Å². The number of halogens is 1. The normalized spacial score (nSPS) is 14.7. The maximum Gasteiger partial charge on any atom is 0.146 e. The molecule has 2 aromatic rings. The van der Waals surface area contributed by atoms with E-state index in [-0.39, 0.29) is 5.82 Å². The highest BCUT2D eigenvalue weighted by molar-refractivity contribution is 5.54. The van der Waals surface area contributed by atoms with Gasteiger partial charge in [-0.3, -0.25) is 0 Å². The van der Waals surface area contributed by atoms with Crippen molar-refractivity contribution in [2.45, 2.75) is 0 Å². The fourth-order valence-corrected chi connectivity index (χ4v) is 2.46. The van der Waals surface area contributed by atoms with Gasteiger partial charge < -0.3 is 14.4 Å². The molecule has 1 aliphatic heterocycles. The molecule has 1 saturated heterocycles. The third-order valence-corrected chi connectivity index (χ3v) is 3.68. The molecular weight excluding hydrogens is 269 g/mol. The summed E-state index contributed by atoms with van der Waals surface area (Å²) in [5.41, 5.74) is 0.602. The Balaban J connectivity index is 1.54. The molecule has 0 saturated carbocycles. The summed E-state index contributed by atoms with van der Waals surface area (Å²) in [5, 5.41) is 0. The van der Waals surface area contributed by atoms with E-state index < -0.39 is 0 Å². The summed E-state index contributed by atoms with van der Waals surface area (Å²) in [7, 11) is 1.59. The van der Waals surface area contributed by atoms with Crippen molar-refractivity contribution in [2.75, 3.05) is 31.7 Å². The maximum atomic E-state index is 13.8. The maximum absolute atomic E-state index is 13.8. The topological polar surface area (TPSA) is 21.7 Å². The predicted octanol–water partition coefficient (Wildman–Crippen LogP) is 3.35. The fraction of sp³-hybridized carbons (Fsp3) is 0.294. The molecular formula is C17H18FNO2. The first-order chi connectivity index (χ1) is 10.3. The molecule has 0 N–H and O–H groups in total. The number of para-hydroxylation sites is 1. The molecule has 4 heteroatoms. The molecule has 0 bridgehead atoms. The third-order valence-electron chi connectivity index (χ3n) is 3.68. The van der Waals surface area contributed by atoms with E-state index in [0.717, 1.165) is 18.8 Å². The van der Waals surface area contributed by atoms with Crippen LogP contribution in [0.5, 0.6) is 11.5 Å². The fourth-order valence-electron chi connectivity index (χ4n) is 2.46. The zero-order chi connectivity index (χ0) is 14.7. The van der Waals surface area contributed by atoms with Crippen molar-refractivity contribution in [1.82, 2.24) is 0 Å². The van der Waals surface area contributed by atoms with Crippen LogP contribution in [-0.2, 0) is 0 Å². The van der Waals surface area contributed by atoms with Gasteiger partial charge in [0.15, 0.2) is 0 Å². The van der Waals surface area contributed by atoms with Crippen molar-refractivity contribution in [1.29, 1.82) is 0 Å². The molecule has 21 heavy (non-hydrogen) atoms. The smallest absolute Gasteiger partial charge is 0.146 e. The van der Waals surface area contributed by atoms with E-state index in [2.05, 4.69) is 0 Å². The minimum atomic E-state index is -0.210. The van der Waals surface area contributed by atoms with Crippen molar-refractivity contribution in [3.8, 4) is 11.5 Å². The molecule has 1 aliphatic rings. The van der Waals surface area contributed by atoms with E-state index >= 15 is 0 Å². The molecule has 0 spiro atoms. The molecule has 0 unspecified atom stereocenters. The molecule has 0 aromatic heterocycles. The quantitative estimate of drug-likeness (QED) is 0.842. The molecule has 3 rings (SSSR count). The molecule has 0 amide bonds. The summed E-state index contributed by atoms with van der Waals surface area (Å²) < 4.78 is 24.7. The van der Waals surface area contributed by atoms with Crippen LogP contribution in [0.4, 0.5) is 10.1 Å². The largest absolute Gasteiger partial charge is 0.497 e. The van der Waals surface area contributed by atoms with Crippen molar-refractivity contribution < 1.29 is 13.9 Å². The number of anilines is 1.